The SMILES string of the molecule is NCCCNC(=O)c1cnoc1. The second-order valence-electron chi connectivity index (χ2n) is 2.31. The summed E-state index contributed by atoms with van der Waals surface area (Å²) >= 11 is 0. The van der Waals surface area contributed by atoms with Crippen molar-refractivity contribution in [1.29, 1.82) is 0 Å². The molecule has 0 aliphatic heterocycles. The Hall–Kier alpha value is -1.36. The summed E-state index contributed by atoms with van der Waals surface area (Å²) in [4.78, 5) is 11.1. The maximum Gasteiger partial charge on any atom is 0.256 e. The maximum absolute atomic E-state index is 11.1. The van der Waals surface area contributed by atoms with Crippen LogP contribution in [-0.2, 0) is 0 Å². The minimum absolute atomic E-state index is 0.176. The van der Waals surface area contributed by atoms with Crippen molar-refractivity contribution in [1.82, 2.24) is 10.5 Å². The smallest absolute Gasteiger partial charge is 0.256 e. The van der Waals surface area contributed by atoms with E-state index in [0.29, 0.717) is 18.7 Å². The number of carbonyl (C=O) groups excluding carboxylic acids is 1. The predicted octanol–water partition coefficient (Wildman–Crippen LogP) is -0.247. The molecule has 1 amide bonds. The summed E-state index contributed by atoms with van der Waals surface area (Å²) in [6, 6.07) is 0. The van der Waals surface area contributed by atoms with Crippen LogP contribution >= 0.6 is 0 Å². The van der Waals surface area contributed by atoms with Gasteiger partial charge in [0.1, 0.15) is 6.26 Å². The quantitative estimate of drug-likeness (QED) is 0.609. The van der Waals surface area contributed by atoms with Crippen LogP contribution in [0, 0.1) is 0 Å². The summed E-state index contributed by atoms with van der Waals surface area (Å²) in [5.41, 5.74) is 5.69. The molecule has 1 aromatic rings. The Balaban J connectivity index is 2.30. The topological polar surface area (TPSA) is 81.1 Å². The number of aromatic nitrogens is 1. The molecule has 0 saturated heterocycles. The average molecular weight is 169 g/mol. The molecular formula is C7H11N3O2. The molecule has 12 heavy (non-hydrogen) atoms. The van der Waals surface area contributed by atoms with Crippen LogP contribution in [0.5, 0.6) is 0 Å². The number of nitrogens with zero attached hydrogens (tertiary/aromatic N) is 1. The summed E-state index contributed by atoms with van der Waals surface area (Å²) < 4.78 is 4.51. The van der Waals surface area contributed by atoms with Gasteiger partial charge in [-0.05, 0) is 13.0 Å². The third-order valence-corrected chi connectivity index (χ3v) is 1.36. The second kappa shape index (κ2) is 4.50. The van der Waals surface area contributed by atoms with E-state index in [1.54, 1.807) is 0 Å². The summed E-state index contributed by atoms with van der Waals surface area (Å²) in [6.45, 7) is 1.16. The van der Waals surface area contributed by atoms with E-state index in [1.807, 2.05) is 0 Å². The van der Waals surface area contributed by atoms with Gasteiger partial charge in [-0.15, -0.1) is 0 Å². The van der Waals surface area contributed by atoms with Crippen molar-refractivity contribution in [3.63, 3.8) is 0 Å². The lowest BCUT2D eigenvalue weighted by atomic mass is 10.3. The van der Waals surface area contributed by atoms with Crippen LogP contribution in [0.4, 0.5) is 0 Å². The predicted molar refractivity (Wildman–Crippen MR) is 42.5 cm³/mol. The van der Waals surface area contributed by atoms with Crippen molar-refractivity contribution in [3.05, 3.63) is 18.0 Å². The van der Waals surface area contributed by atoms with Gasteiger partial charge in [0.25, 0.3) is 5.91 Å². The average Bonchev–Trinajstić information content (AvgIpc) is 2.56. The zero-order valence-corrected chi connectivity index (χ0v) is 6.62. The third-order valence-electron chi connectivity index (χ3n) is 1.36. The normalized spacial score (nSPS) is 9.75. The van der Waals surface area contributed by atoms with Crippen molar-refractivity contribution < 1.29 is 9.32 Å². The summed E-state index contributed by atoms with van der Waals surface area (Å²) in [6.07, 6.45) is 3.45. The standard InChI is InChI=1S/C7H11N3O2/c8-2-1-3-9-7(11)6-4-10-12-5-6/h4-5H,1-3,8H2,(H,9,11). The molecule has 0 saturated carbocycles. The van der Waals surface area contributed by atoms with Crippen molar-refractivity contribution in [2.45, 2.75) is 6.42 Å². The minimum atomic E-state index is -0.176. The zero-order chi connectivity index (χ0) is 8.81. The summed E-state index contributed by atoms with van der Waals surface area (Å²) in [7, 11) is 0. The molecular weight excluding hydrogens is 158 g/mol. The highest BCUT2D eigenvalue weighted by atomic mass is 16.5. The van der Waals surface area contributed by atoms with Crippen molar-refractivity contribution >= 4 is 5.91 Å². The van der Waals surface area contributed by atoms with Crippen LogP contribution in [0.3, 0.4) is 0 Å². The van der Waals surface area contributed by atoms with Gasteiger partial charge in [-0.3, -0.25) is 4.79 Å². The lowest BCUT2D eigenvalue weighted by Crippen LogP contribution is -2.25. The third kappa shape index (κ3) is 2.35. The second-order valence-corrected chi connectivity index (χ2v) is 2.31. The molecule has 1 heterocycles. The molecule has 66 valence electrons. The number of hydrogen-bond donors (Lipinski definition) is 2. The minimum Gasteiger partial charge on any atom is -0.364 e. The largest absolute Gasteiger partial charge is 0.364 e. The van der Waals surface area contributed by atoms with E-state index < -0.39 is 0 Å². The highest BCUT2D eigenvalue weighted by molar-refractivity contribution is 5.93. The van der Waals surface area contributed by atoms with Gasteiger partial charge < -0.3 is 15.6 Å². The van der Waals surface area contributed by atoms with Gasteiger partial charge in [-0.2, -0.15) is 0 Å². The van der Waals surface area contributed by atoms with Gasteiger partial charge in [0.05, 0.1) is 11.8 Å². The van der Waals surface area contributed by atoms with E-state index in [-0.39, 0.29) is 5.91 Å². The fourth-order valence-electron chi connectivity index (χ4n) is 0.723. The molecule has 0 fully saturated rings. The van der Waals surface area contributed by atoms with Gasteiger partial charge in [0, 0.05) is 6.54 Å². The monoisotopic (exact) mass is 169 g/mol. The molecule has 0 spiro atoms. The zero-order valence-electron chi connectivity index (χ0n) is 6.62. The first-order chi connectivity index (χ1) is 5.84. The van der Waals surface area contributed by atoms with E-state index in [9.17, 15) is 4.79 Å². The molecule has 5 heteroatoms. The molecule has 0 radical (unpaired) electrons. The van der Waals surface area contributed by atoms with Gasteiger partial charge >= 0.3 is 0 Å². The van der Waals surface area contributed by atoms with Crippen molar-refractivity contribution in [2.75, 3.05) is 13.1 Å². The number of nitrogens with two attached hydrogens (primary N) is 1. The number of carbonyl (C=O) groups is 1. The Labute approximate surface area is 69.9 Å². The highest BCUT2D eigenvalue weighted by Crippen LogP contribution is 1.94. The van der Waals surface area contributed by atoms with E-state index in [0.717, 1.165) is 6.42 Å². The lowest BCUT2D eigenvalue weighted by molar-refractivity contribution is 0.0953. The van der Waals surface area contributed by atoms with E-state index >= 15 is 0 Å². The van der Waals surface area contributed by atoms with E-state index in [2.05, 4.69) is 15.0 Å². The Morgan fingerprint density at radius 3 is 3.17 bits per heavy atom. The van der Waals surface area contributed by atoms with Crippen molar-refractivity contribution in [3.8, 4) is 0 Å². The fraction of sp³-hybridized carbons (Fsp3) is 0.429. The van der Waals surface area contributed by atoms with Gasteiger partial charge in [0.15, 0.2) is 0 Å². The molecule has 1 rings (SSSR count). The Kier molecular flexibility index (Phi) is 3.28. The van der Waals surface area contributed by atoms with Crippen LogP contribution in [0.15, 0.2) is 17.0 Å². The molecule has 5 nitrogen and oxygen atoms in total. The van der Waals surface area contributed by atoms with Crippen LogP contribution in [0.25, 0.3) is 0 Å². The number of hydrogen-bond acceptors (Lipinski definition) is 4. The molecule has 0 unspecified atom stereocenters. The van der Waals surface area contributed by atoms with Crippen LogP contribution in [0.2, 0.25) is 0 Å². The Morgan fingerprint density at radius 2 is 2.58 bits per heavy atom. The van der Waals surface area contributed by atoms with Crippen LogP contribution in [0.1, 0.15) is 16.8 Å². The number of nitrogens with one attached hydrogen (secondary N) is 1. The molecule has 0 aliphatic rings. The lowest BCUT2D eigenvalue weighted by Gasteiger charge is -1.99. The van der Waals surface area contributed by atoms with Gasteiger partial charge in [-0.25, -0.2) is 0 Å². The first-order valence-corrected chi connectivity index (χ1v) is 3.72. The summed E-state index contributed by atoms with van der Waals surface area (Å²) in [5, 5.41) is 6.08. The van der Waals surface area contributed by atoms with Crippen LogP contribution < -0.4 is 11.1 Å². The Morgan fingerprint density at radius 1 is 1.75 bits per heavy atom. The first-order valence-electron chi connectivity index (χ1n) is 3.72. The fourth-order valence-corrected chi connectivity index (χ4v) is 0.723. The van der Waals surface area contributed by atoms with Gasteiger partial charge in [-0.1, -0.05) is 5.16 Å². The molecule has 0 atom stereocenters. The molecule has 3 N–H and O–H groups in total. The van der Waals surface area contributed by atoms with Gasteiger partial charge in [0.2, 0.25) is 0 Å². The van der Waals surface area contributed by atoms with E-state index in [4.69, 9.17) is 5.73 Å². The Bertz CT molecular complexity index is 233. The maximum atomic E-state index is 11.1. The molecule has 0 bridgehead atoms. The molecule has 0 aromatic carbocycles. The molecule has 1 aromatic heterocycles. The van der Waals surface area contributed by atoms with E-state index in [1.165, 1.54) is 12.5 Å². The highest BCUT2D eigenvalue weighted by Gasteiger charge is 2.05. The first kappa shape index (κ1) is 8.73. The van der Waals surface area contributed by atoms with Crippen LogP contribution in [-0.4, -0.2) is 24.2 Å². The number of amides is 1. The summed E-state index contributed by atoms with van der Waals surface area (Å²) in [5.74, 6) is -0.176. The number of rotatable bonds is 4. The van der Waals surface area contributed by atoms with Crippen molar-refractivity contribution in [2.24, 2.45) is 5.73 Å². The molecule has 0 aliphatic carbocycles.